The molecule has 3 saturated heterocycles. The summed E-state index contributed by atoms with van der Waals surface area (Å²) >= 11 is 1.60. The third-order valence-electron chi connectivity index (χ3n) is 8.19. The van der Waals surface area contributed by atoms with Gasteiger partial charge in [-0.15, -0.1) is 11.8 Å². The Labute approximate surface area is 211 Å². The molecule has 1 aromatic carbocycles. The van der Waals surface area contributed by atoms with Gasteiger partial charge in [-0.3, -0.25) is 14.4 Å². The van der Waals surface area contributed by atoms with Crippen molar-refractivity contribution >= 4 is 35.2 Å². The van der Waals surface area contributed by atoms with Crippen molar-refractivity contribution in [2.75, 3.05) is 25.6 Å². The largest absolute Gasteiger partial charge is 0.497 e. The summed E-state index contributed by atoms with van der Waals surface area (Å²) in [6, 6.07) is 5.72. The number of fused-ring (bicyclic) bond motifs is 1. The first-order chi connectivity index (χ1) is 16.7. The van der Waals surface area contributed by atoms with E-state index in [9.17, 15) is 19.5 Å². The molecule has 9 heteroatoms. The Hall–Kier alpha value is -2.26. The molecule has 8 nitrogen and oxygen atoms in total. The van der Waals surface area contributed by atoms with Crippen molar-refractivity contribution in [3.05, 3.63) is 24.3 Å². The topological polar surface area (TPSA) is 105 Å². The number of likely N-dealkylation sites (tertiary alicyclic amines) is 1. The molecule has 3 fully saturated rings. The number of hydrogen-bond acceptors (Lipinski definition) is 7. The van der Waals surface area contributed by atoms with E-state index in [0.29, 0.717) is 11.4 Å². The average Bonchev–Trinajstić information content (AvgIpc) is 3.44. The molecule has 1 aromatic rings. The first-order valence-electron chi connectivity index (χ1n) is 12.5. The van der Waals surface area contributed by atoms with E-state index in [1.54, 1.807) is 55.0 Å². The molecule has 3 heterocycles. The molecule has 0 radical (unpaired) electrons. The van der Waals surface area contributed by atoms with Crippen LogP contribution in [0, 0.1) is 23.7 Å². The lowest BCUT2D eigenvalue weighted by Crippen LogP contribution is -2.58. The second-order valence-electron chi connectivity index (χ2n) is 9.90. The van der Waals surface area contributed by atoms with Gasteiger partial charge in [-0.25, -0.2) is 0 Å². The lowest BCUT2D eigenvalue weighted by atomic mass is 9.66. The number of thioether (sulfide) groups is 1. The Morgan fingerprint density at radius 2 is 1.97 bits per heavy atom. The maximum absolute atomic E-state index is 14.1. The van der Waals surface area contributed by atoms with Crippen LogP contribution in [0.1, 0.15) is 40.5 Å². The molecule has 3 aliphatic rings. The summed E-state index contributed by atoms with van der Waals surface area (Å²) in [5.41, 5.74) is 0.597. The van der Waals surface area contributed by atoms with Crippen LogP contribution in [-0.2, 0) is 19.1 Å². The van der Waals surface area contributed by atoms with E-state index < -0.39 is 28.7 Å². The predicted octanol–water partition coefficient (Wildman–Crippen LogP) is 2.94. The van der Waals surface area contributed by atoms with Gasteiger partial charge in [0.1, 0.15) is 11.8 Å². The first kappa shape index (κ1) is 25.8. The summed E-state index contributed by atoms with van der Waals surface area (Å²) in [6.45, 7) is 7.81. The molecule has 3 aliphatic heterocycles. The molecule has 3 unspecified atom stereocenters. The highest BCUT2D eigenvalue weighted by Gasteiger charge is 2.77. The maximum Gasteiger partial charge on any atom is 0.310 e. The summed E-state index contributed by atoms with van der Waals surface area (Å²) in [6.07, 6.45) is 1.48. The van der Waals surface area contributed by atoms with Crippen molar-refractivity contribution in [3.8, 4) is 5.75 Å². The maximum atomic E-state index is 14.1. The van der Waals surface area contributed by atoms with Gasteiger partial charge >= 0.3 is 5.97 Å². The fraction of sp³-hybridized carbons (Fsp3) is 0.654. The minimum atomic E-state index is -0.808. The zero-order chi connectivity index (χ0) is 25.5. The monoisotopic (exact) mass is 504 g/mol. The zero-order valence-electron chi connectivity index (χ0n) is 21.0. The number of anilines is 1. The van der Waals surface area contributed by atoms with Crippen molar-refractivity contribution in [3.63, 3.8) is 0 Å². The number of carbonyl (C=O) groups excluding carboxylic acids is 3. The van der Waals surface area contributed by atoms with E-state index in [1.807, 2.05) is 13.8 Å². The van der Waals surface area contributed by atoms with Crippen molar-refractivity contribution < 1.29 is 29.0 Å². The van der Waals surface area contributed by atoms with E-state index in [2.05, 4.69) is 12.2 Å². The standard InChI is InChI=1S/C26H36N2O6S/c1-6-14(3)18(13-29)28-22(23(30)27-16-8-10-17(33-5)11-9-16)26-15(4)12-19(35-26)20(21(26)24(28)31)25(32)34-7-2/h8-11,14-15,18-22,29H,6-7,12-13H2,1-5H3,(H,27,30)/t14-,15?,18-,19-,20+,21-,22?,26?/m0/s1. The summed E-state index contributed by atoms with van der Waals surface area (Å²) in [4.78, 5) is 42.7. The van der Waals surface area contributed by atoms with Gasteiger partial charge in [0.25, 0.3) is 0 Å². The number of nitrogens with zero attached hydrogens (tertiary/aromatic N) is 1. The normalized spacial score (nSPS) is 32.8. The zero-order valence-corrected chi connectivity index (χ0v) is 21.8. The van der Waals surface area contributed by atoms with E-state index in [0.717, 1.165) is 12.8 Å². The quantitative estimate of drug-likeness (QED) is 0.498. The lowest BCUT2D eigenvalue weighted by Gasteiger charge is -2.41. The first-order valence-corrected chi connectivity index (χ1v) is 13.3. The number of aliphatic hydroxyl groups excluding tert-OH is 1. The number of ether oxygens (including phenoxy) is 2. The molecule has 0 aliphatic carbocycles. The number of esters is 1. The van der Waals surface area contributed by atoms with E-state index in [-0.39, 0.29) is 48.1 Å². The van der Waals surface area contributed by atoms with E-state index in [4.69, 9.17) is 9.47 Å². The van der Waals surface area contributed by atoms with E-state index in [1.165, 1.54) is 0 Å². The lowest BCUT2D eigenvalue weighted by molar-refractivity contribution is -0.154. The molecule has 35 heavy (non-hydrogen) atoms. The molecule has 2 N–H and O–H groups in total. The average molecular weight is 505 g/mol. The van der Waals surface area contributed by atoms with Crippen LogP contribution >= 0.6 is 11.8 Å². The number of aliphatic hydroxyl groups is 1. The molecule has 0 aromatic heterocycles. The van der Waals surface area contributed by atoms with Crippen LogP contribution in [0.25, 0.3) is 0 Å². The molecule has 0 saturated carbocycles. The highest BCUT2D eigenvalue weighted by atomic mass is 32.2. The Morgan fingerprint density at radius 3 is 2.54 bits per heavy atom. The van der Waals surface area contributed by atoms with Crippen LogP contribution in [0.2, 0.25) is 0 Å². The van der Waals surface area contributed by atoms with Gasteiger partial charge in [0, 0.05) is 10.9 Å². The van der Waals surface area contributed by atoms with Crippen LogP contribution < -0.4 is 10.1 Å². The second-order valence-corrected chi connectivity index (χ2v) is 11.5. The Morgan fingerprint density at radius 1 is 1.29 bits per heavy atom. The van der Waals surface area contributed by atoms with Crippen LogP contribution in [-0.4, -0.2) is 70.2 Å². The number of rotatable bonds is 9. The smallest absolute Gasteiger partial charge is 0.310 e. The van der Waals surface area contributed by atoms with Crippen LogP contribution in [0.3, 0.4) is 0 Å². The summed E-state index contributed by atoms with van der Waals surface area (Å²) < 4.78 is 9.85. The SMILES string of the molecule is CCOC(=O)[C@@H]1[C@@H]2CC(C)C3(S2)C(C(=O)Nc2ccc(OC)cc2)N([C@@H](CO)[C@@H](C)CC)C(=O)[C@H]13. The second kappa shape index (κ2) is 10.0. The van der Waals surface area contributed by atoms with Crippen molar-refractivity contribution in [2.45, 2.75) is 62.6 Å². The number of benzene rings is 1. The molecule has 8 atom stereocenters. The molecular formula is C26H36N2O6S. The molecule has 4 rings (SSSR count). The van der Waals surface area contributed by atoms with Gasteiger partial charge in [0.2, 0.25) is 11.8 Å². The molecule has 192 valence electrons. The van der Waals surface area contributed by atoms with Gasteiger partial charge in [-0.1, -0.05) is 27.2 Å². The molecule has 2 amide bonds. The highest BCUT2D eigenvalue weighted by molar-refractivity contribution is 8.02. The summed E-state index contributed by atoms with van der Waals surface area (Å²) in [7, 11) is 1.58. The van der Waals surface area contributed by atoms with Crippen LogP contribution in [0.15, 0.2) is 24.3 Å². The van der Waals surface area contributed by atoms with Gasteiger partial charge < -0.3 is 24.8 Å². The number of hydrogen-bond donors (Lipinski definition) is 2. The minimum absolute atomic E-state index is 0.0194. The van der Waals surface area contributed by atoms with Gasteiger partial charge in [-0.2, -0.15) is 0 Å². The number of nitrogens with one attached hydrogen (secondary N) is 1. The fourth-order valence-corrected chi connectivity index (χ4v) is 8.72. The summed E-state index contributed by atoms with van der Waals surface area (Å²) in [5.74, 6) is -1.41. The third-order valence-corrected chi connectivity index (χ3v) is 10.3. The van der Waals surface area contributed by atoms with Gasteiger partial charge in [0.15, 0.2) is 0 Å². The molecular weight excluding hydrogens is 468 g/mol. The van der Waals surface area contributed by atoms with Gasteiger partial charge in [-0.05, 0) is 49.4 Å². The van der Waals surface area contributed by atoms with Gasteiger partial charge in [0.05, 0.1) is 42.9 Å². The predicted molar refractivity (Wildman–Crippen MR) is 134 cm³/mol. The summed E-state index contributed by atoms with van der Waals surface area (Å²) in [5, 5.41) is 13.3. The Bertz CT molecular complexity index is 971. The van der Waals surface area contributed by atoms with Crippen LogP contribution in [0.4, 0.5) is 5.69 Å². The number of amides is 2. The Kier molecular flexibility index (Phi) is 7.38. The van der Waals surface area contributed by atoms with Crippen molar-refractivity contribution in [2.24, 2.45) is 23.7 Å². The van der Waals surface area contributed by atoms with Crippen LogP contribution in [0.5, 0.6) is 5.75 Å². The highest BCUT2D eigenvalue weighted by Crippen LogP contribution is 2.69. The number of carbonyl (C=O) groups is 3. The minimum Gasteiger partial charge on any atom is -0.497 e. The van der Waals surface area contributed by atoms with E-state index >= 15 is 0 Å². The Balaban J connectivity index is 1.77. The molecule has 2 bridgehead atoms. The third kappa shape index (κ3) is 4.00. The van der Waals surface area contributed by atoms with Crippen molar-refractivity contribution in [1.82, 2.24) is 4.90 Å². The fourth-order valence-electron chi connectivity index (χ4n) is 6.32. The molecule has 1 spiro atoms. The number of methoxy groups -OCH3 is 1. The van der Waals surface area contributed by atoms with Crippen molar-refractivity contribution in [1.29, 1.82) is 0 Å².